The van der Waals surface area contributed by atoms with Gasteiger partial charge in [0, 0.05) is 47.3 Å². The summed E-state index contributed by atoms with van der Waals surface area (Å²) >= 11 is 0. The Labute approximate surface area is 200 Å². The molecule has 0 aliphatic heterocycles. The molecule has 0 aliphatic carbocycles. The van der Waals surface area contributed by atoms with Crippen molar-refractivity contribution in [3.8, 4) is 17.6 Å². The molecule has 0 bridgehead atoms. The second kappa shape index (κ2) is 10.4. The minimum absolute atomic E-state index is 0.287. The van der Waals surface area contributed by atoms with E-state index in [2.05, 4.69) is 21.8 Å². The fourth-order valence-electron chi connectivity index (χ4n) is 3.21. The Hall–Kier alpha value is -4.18. The topological polar surface area (TPSA) is 35.0 Å². The zero-order valence-corrected chi connectivity index (χ0v) is 18.7. The Morgan fingerprint density at radius 2 is 1.57 bits per heavy atom. The molecule has 0 amide bonds. The summed E-state index contributed by atoms with van der Waals surface area (Å²) in [5.41, 5.74) is 2.27. The van der Waals surface area contributed by atoms with E-state index >= 15 is 0 Å². The Balaban J connectivity index is 1.37. The molecular weight excluding hydrogens is 456 g/mol. The first kappa shape index (κ1) is 24.0. The zero-order chi connectivity index (χ0) is 24.8. The van der Waals surface area contributed by atoms with Crippen LogP contribution in [0.15, 0.2) is 79.1 Å². The van der Waals surface area contributed by atoms with E-state index in [0.29, 0.717) is 24.0 Å². The van der Waals surface area contributed by atoms with Gasteiger partial charge in [-0.05, 0) is 61.0 Å². The average Bonchev–Trinajstić information content (AvgIpc) is 2.85. The number of rotatable bonds is 6. The van der Waals surface area contributed by atoms with Crippen molar-refractivity contribution < 1.29 is 22.3 Å². The van der Waals surface area contributed by atoms with Gasteiger partial charge in [-0.3, -0.25) is 9.97 Å². The molecule has 0 radical (unpaired) electrons. The van der Waals surface area contributed by atoms with Crippen LogP contribution in [0.2, 0.25) is 0 Å². The van der Waals surface area contributed by atoms with Gasteiger partial charge in [0.25, 0.3) is 5.92 Å². The second-order valence-corrected chi connectivity index (χ2v) is 7.92. The highest BCUT2D eigenvalue weighted by Crippen LogP contribution is 2.31. The number of ether oxygens (including phenoxy) is 1. The molecule has 176 valence electrons. The van der Waals surface area contributed by atoms with Crippen molar-refractivity contribution >= 4 is 0 Å². The molecule has 0 atom stereocenters. The highest BCUT2D eigenvalue weighted by atomic mass is 19.3. The van der Waals surface area contributed by atoms with Crippen LogP contribution in [0.4, 0.5) is 17.6 Å². The summed E-state index contributed by atoms with van der Waals surface area (Å²) < 4.78 is 61.6. The highest BCUT2D eigenvalue weighted by Gasteiger charge is 2.34. The van der Waals surface area contributed by atoms with Gasteiger partial charge in [-0.15, -0.1) is 0 Å². The van der Waals surface area contributed by atoms with Gasteiger partial charge in [-0.2, -0.15) is 8.78 Å². The van der Waals surface area contributed by atoms with Crippen molar-refractivity contribution in [3.05, 3.63) is 124 Å². The Morgan fingerprint density at radius 3 is 2.23 bits per heavy atom. The molecule has 2 aromatic heterocycles. The third-order valence-corrected chi connectivity index (χ3v) is 5.15. The minimum Gasteiger partial charge on any atom is -0.489 e. The van der Waals surface area contributed by atoms with Gasteiger partial charge in [0.05, 0.1) is 0 Å². The first-order valence-corrected chi connectivity index (χ1v) is 10.7. The van der Waals surface area contributed by atoms with Gasteiger partial charge in [-0.25, -0.2) is 8.78 Å². The van der Waals surface area contributed by atoms with Crippen LogP contribution < -0.4 is 4.74 Å². The van der Waals surface area contributed by atoms with Crippen LogP contribution in [-0.2, 0) is 19.0 Å². The van der Waals surface area contributed by atoms with Crippen LogP contribution in [0.25, 0.3) is 0 Å². The molecule has 0 fully saturated rings. The van der Waals surface area contributed by atoms with E-state index in [1.807, 2.05) is 19.1 Å². The van der Waals surface area contributed by atoms with E-state index < -0.39 is 29.7 Å². The number of nitrogens with zero attached hydrogens (tertiary/aromatic N) is 2. The van der Waals surface area contributed by atoms with Crippen molar-refractivity contribution in [1.82, 2.24) is 9.97 Å². The van der Waals surface area contributed by atoms with E-state index in [4.69, 9.17) is 4.74 Å². The van der Waals surface area contributed by atoms with Gasteiger partial charge in [0.1, 0.15) is 29.7 Å². The first-order chi connectivity index (χ1) is 16.8. The van der Waals surface area contributed by atoms with Crippen LogP contribution in [0, 0.1) is 30.4 Å². The molecule has 0 N–H and O–H groups in total. The SMILES string of the molecule is Cc1ccc(COc2ccc(C#Cc3ccc(C(F)(F)Cc4ccc(F)cc4F)nc3)cc2)cn1. The van der Waals surface area contributed by atoms with Crippen LogP contribution >= 0.6 is 0 Å². The molecule has 4 aromatic rings. The molecular formula is C28H20F4N2O. The summed E-state index contributed by atoms with van der Waals surface area (Å²) in [5.74, 6) is 1.25. The predicted octanol–water partition coefficient (Wildman–Crippen LogP) is 6.38. The molecule has 4 rings (SSSR count). The van der Waals surface area contributed by atoms with E-state index in [0.717, 1.165) is 35.0 Å². The molecule has 0 saturated heterocycles. The number of aromatic nitrogens is 2. The van der Waals surface area contributed by atoms with Crippen molar-refractivity contribution in [2.45, 2.75) is 25.9 Å². The fraction of sp³-hybridized carbons (Fsp3) is 0.143. The largest absolute Gasteiger partial charge is 0.489 e. The van der Waals surface area contributed by atoms with Crippen molar-refractivity contribution in [2.75, 3.05) is 0 Å². The van der Waals surface area contributed by atoms with Crippen LogP contribution in [0.5, 0.6) is 5.75 Å². The minimum atomic E-state index is -3.42. The van der Waals surface area contributed by atoms with E-state index in [-0.39, 0.29) is 5.56 Å². The lowest BCUT2D eigenvalue weighted by Gasteiger charge is -2.16. The lowest BCUT2D eigenvalue weighted by molar-refractivity contribution is -0.00915. The zero-order valence-electron chi connectivity index (χ0n) is 18.7. The number of hydrogen-bond donors (Lipinski definition) is 0. The van der Waals surface area contributed by atoms with Gasteiger partial charge in [-0.1, -0.05) is 24.0 Å². The first-order valence-electron chi connectivity index (χ1n) is 10.7. The molecule has 2 aromatic carbocycles. The fourth-order valence-corrected chi connectivity index (χ4v) is 3.21. The summed E-state index contributed by atoms with van der Waals surface area (Å²) in [6.07, 6.45) is 2.09. The predicted molar refractivity (Wildman–Crippen MR) is 124 cm³/mol. The second-order valence-electron chi connectivity index (χ2n) is 7.92. The van der Waals surface area contributed by atoms with Crippen LogP contribution in [0.1, 0.15) is 33.6 Å². The third kappa shape index (κ3) is 6.45. The van der Waals surface area contributed by atoms with Crippen LogP contribution in [-0.4, -0.2) is 9.97 Å². The molecule has 0 aliphatic rings. The standard InChI is InChI=1S/C28H20F4N2O/c1-19-2-3-22(17-33-19)18-35-25-11-6-20(7-12-25)4-5-21-8-13-27(34-16-21)28(31,32)15-23-9-10-24(29)14-26(23)30/h2-3,6-14,16-17H,15,18H2,1H3. The molecule has 7 heteroatoms. The summed E-state index contributed by atoms with van der Waals surface area (Å²) in [6.45, 7) is 2.32. The van der Waals surface area contributed by atoms with Gasteiger partial charge in [0.2, 0.25) is 0 Å². The lowest BCUT2D eigenvalue weighted by atomic mass is 10.0. The quantitative estimate of drug-likeness (QED) is 0.239. The maximum Gasteiger partial charge on any atom is 0.293 e. The molecule has 2 heterocycles. The number of halogens is 4. The lowest BCUT2D eigenvalue weighted by Crippen LogP contribution is -2.19. The van der Waals surface area contributed by atoms with Crippen molar-refractivity contribution in [2.24, 2.45) is 0 Å². The number of hydrogen-bond acceptors (Lipinski definition) is 3. The molecule has 0 spiro atoms. The Morgan fingerprint density at radius 1 is 0.829 bits per heavy atom. The number of pyridine rings is 2. The summed E-state index contributed by atoms with van der Waals surface area (Å²) in [5, 5.41) is 0. The molecule has 3 nitrogen and oxygen atoms in total. The Kier molecular flexibility index (Phi) is 7.11. The Bertz CT molecular complexity index is 1360. The van der Waals surface area contributed by atoms with Gasteiger partial charge < -0.3 is 4.74 Å². The van der Waals surface area contributed by atoms with E-state index in [1.165, 1.54) is 12.3 Å². The third-order valence-electron chi connectivity index (χ3n) is 5.15. The maximum atomic E-state index is 14.6. The van der Waals surface area contributed by atoms with Crippen molar-refractivity contribution in [1.29, 1.82) is 0 Å². The van der Waals surface area contributed by atoms with E-state index in [9.17, 15) is 17.6 Å². The monoisotopic (exact) mass is 476 g/mol. The molecule has 0 saturated carbocycles. The highest BCUT2D eigenvalue weighted by molar-refractivity contribution is 5.44. The van der Waals surface area contributed by atoms with Gasteiger partial charge in [0.15, 0.2) is 0 Å². The number of benzene rings is 2. The number of alkyl halides is 2. The van der Waals surface area contributed by atoms with Gasteiger partial charge >= 0.3 is 0 Å². The summed E-state index contributed by atoms with van der Waals surface area (Å²) in [6, 6.07) is 16.2. The smallest absolute Gasteiger partial charge is 0.293 e. The van der Waals surface area contributed by atoms with Crippen LogP contribution in [0.3, 0.4) is 0 Å². The summed E-state index contributed by atoms with van der Waals surface area (Å²) in [7, 11) is 0. The average molecular weight is 476 g/mol. The molecule has 35 heavy (non-hydrogen) atoms. The summed E-state index contributed by atoms with van der Waals surface area (Å²) in [4.78, 5) is 8.03. The van der Waals surface area contributed by atoms with E-state index in [1.54, 1.807) is 30.5 Å². The normalized spacial score (nSPS) is 11.0. The molecule has 0 unspecified atom stereocenters. The maximum absolute atomic E-state index is 14.6. The number of aryl methyl sites for hydroxylation is 1. The van der Waals surface area contributed by atoms with Crippen molar-refractivity contribution in [3.63, 3.8) is 0 Å².